The van der Waals surface area contributed by atoms with Gasteiger partial charge in [-0.25, -0.2) is 4.98 Å². The number of pyridine rings is 1. The molecule has 0 saturated heterocycles. The maximum Gasteiger partial charge on any atom is 0.243 e. The summed E-state index contributed by atoms with van der Waals surface area (Å²) in [5, 5.41) is 10.5. The first-order chi connectivity index (χ1) is 7.18. The van der Waals surface area contributed by atoms with Gasteiger partial charge in [-0.1, -0.05) is 0 Å². The quantitative estimate of drug-likeness (QED) is 0.553. The summed E-state index contributed by atoms with van der Waals surface area (Å²) < 4.78 is 1.82. The lowest BCUT2D eigenvalue weighted by Gasteiger charge is -1.97. The molecule has 2 heterocycles. The van der Waals surface area contributed by atoms with Gasteiger partial charge in [-0.2, -0.15) is 0 Å². The van der Waals surface area contributed by atoms with Gasteiger partial charge in [-0.15, -0.1) is 0 Å². The van der Waals surface area contributed by atoms with E-state index >= 15 is 0 Å². The molecule has 76 valence electrons. The molecule has 0 aromatic carbocycles. The summed E-state index contributed by atoms with van der Waals surface area (Å²) in [6.45, 7) is 1.46. The number of aromatic nitrogens is 2. The van der Waals surface area contributed by atoms with Crippen molar-refractivity contribution in [2.75, 3.05) is 0 Å². The lowest BCUT2D eigenvalue weighted by molar-refractivity contribution is -0.422. The minimum Gasteiger partial charge on any atom is -0.307 e. The van der Waals surface area contributed by atoms with E-state index < -0.39 is 4.92 Å². The molecular formula is C10H9N3O2. The summed E-state index contributed by atoms with van der Waals surface area (Å²) >= 11 is 0. The van der Waals surface area contributed by atoms with Gasteiger partial charge >= 0.3 is 0 Å². The minimum absolute atomic E-state index is 0.103. The highest BCUT2D eigenvalue weighted by molar-refractivity contribution is 5.65. The van der Waals surface area contributed by atoms with Crippen molar-refractivity contribution in [3.05, 3.63) is 52.1 Å². The number of nitrogens with zero attached hydrogens (tertiary/aromatic N) is 3. The minimum atomic E-state index is -0.410. The summed E-state index contributed by atoms with van der Waals surface area (Å²) in [6, 6.07) is 3.63. The van der Waals surface area contributed by atoms with Crippen LogP contribution in [0, 0.1) is 10.1 Å². The van der Waals surface area contributed by atoms with Crippen LogP contribution in [0.3, 0.4) is 0 Å². The van der Waals surface area contributed by atoms with E-state index in [0.717, 1.165) is 11.2 Å². The molecule has 0 unspecified atom stereocenters. The average Bonchev–Trinajstić information content (AvgIpc) is 2.66. The molecule has 2 rings (SSSR count). The van der Waals surface area contributed by atoms with Crippen molar-refractivity contribution in [2.45, 2.75) is 6.92 Å². The van der Waals surface area contributed by atoms with E-state index in [-0.39, 0.29) is 5.70 Å². The zero-order valence-corrected chi connectivity index (χ0v) is 8.12. The number of fused-ring (bicyclic) bond motifs is 1. The molecule has 0 aliphatic heterocycles. The fourth-order valence-corrected chi connectivity index (χ4v) is 1.36. The Hall–Kier alpha value is -2.17. The van der Waals surface area contributed by atoms with Crippen molar-refractivity contribution in [3.63, 3.8) is 0 Å². The molecule has 5 nitrogen and oxygen atoms in total. The fourth-order valence-electron chi connectivity index (χ4n) is 1.36. The van der Waals surface area contributed by atoms with Crippen molar-refractivity contribution < 1.29 is 4.92 Å². The van der Waals surface area contributed by atoms with Crippen LogP contribution in [0.5, 0.6) is 0 Å². The predicted molar refractivity (Wildman–Crippen MR) is 55.8 cm³/mol. The van der Waals surface area contributed by atoms with Crippen LogP contribution in [0.2, 0.25) is 0 Å². The van der Waals surface area contributed by atoms with Crippen LogP contribution in [0.15, 0.2) is 36.4 Å². The molecule has 0 amide bonds. The fraction of sp³-hybridized carbons (Fsp3) is 0.100. The smallest absolute Gasteiger partial charge is 0.243 e. The SMILES string of the molecule is C/C(=C\c1cccn2ccnc12)[N+](=O)[O-]. The molecule has 15 heavy (non-hydrogen) atoms. The largest absolute Gasteiger partial charge is 0.307 e. The van der Waals surface area contributed by atoms with Gasteiger partial charge in [0.05, 0.1) is 4.92 Å². The molecule has 0 radical (unpaired) electrons. The van der Waals surface area contributed by atoms with E-state index in [1.807, 2.05) is 16.7 Å². The topological polar surface area (TPSA) is 60.4 Å². The average molecular weight is 203 g/mol. The van der Waals surface area contributed by atoms with Gasteiger partial charge in [-0.3, -0.25) is 10.1 Å². The highest BCUT2D eigenvalue weighted by Crippen LogP contribution is 2.12. The van der Waals surface area contributed by atoms with Crippen LogP contribution in [-0.2, 0) is 0 Å². The van der Waals surface area contributed by atoms with Crippen LogP contribution >= 0.6 is 0 Å². The molecule has 0 bridgehead atoms. The van der Waals surface area contributed by atoms with E-state index in [4.69, 9.17) is 0 Å². The lowest BCUT2D eigenvalue weighted by Crippen LogP contribution is -1.94. The number of rotatable bonds is 2. The second-order valence-electron chi connectivity index (χ2n) is 3.16. The van der Waals surface area contributed by atoms with E-state index in [9.17, 15) is 10.1 Å². The second-order valence-corrected chi connectivity index (χ2v) is 3.16. The van der Waals surface area contributed by atoms with E-state index in [0.29, 0.717) is 0 Å². The first-order valence-corrected chi connectivity index (χ1v) is 4.43. The first kappa shape index (κ1) is 9.39. The molecule has 0 aliphatic carbocycles. The number of imidazole rings is 1. The van der Waals surface area contributed by atoms with Crippen molar-refractivity contribution >= 4 is 11.7 Å². The number of nitro groups is 1. The number of allylic oxidation sites excluding steroid dienone is 1. The van der Waals surface area contributed by atoms with Crippen molar-refractivity contribution in [2.24, 2.45) is 0 Å². The summed E-state index contributed by atoms with van der Waals surface area (Å²) in [5.74, 6) is 0. The monoisotopic (exact) mass is 203 g/mol. The van der Waals surface area contributed by atoms with Crippen LogP contribution in [0.1, 0.15) is 12.5 Å². The van der Waals surface area contributed by atoms with Gasteiger partial charge in [-0.05, 0) is 12.1 Å². The summed E-state index contributed by atoms with van der Waals surface area (Å²) in [7, 11) is 0. The van der Waals surface area contributed by atoms with Gasteiger partial charge in [0.15, 0.2) is 0 Å². The Morgan fingerprint density at radius 1 is 1.60 bits per heavy atom. The van der Waals surface area contributed by atoms with E-state index in [2.05, 4.69) is 4.98 Å². The Kier molecular flexibility index (Phi) is 2.21. The Morgan fingerprint density at radius 3 is 3.13 bits per heavy atom. The molecule has 0 saturated carbocycles. The van der Waals surface area contributed by atoms with E-state index in [1.54, 1.807) is 18.5 Å². The molecule has 0 N–H and O–H groups in total. The Balaban J connectivity index is 2.57. The third-order valence-electron chi connectivity index (χ3n) is 2.10. The van der Waals surface area contributed by atoms with E-state index in [1.165, 1.54) is 13.0 Å². The maximum atomic E-state index is 10.5. The number of hydrogen-bond acceptors (Lipinski definition) is 3. The highest BCUT2D eigenvalue weighted by atomic mass is 16.6. The van der Waals surface area contributed by atoms with Gasteiger partial charge in [0.2, 0.25) is 5.70 Å². The summed E-state index contributed by atoms with van der Waals surface area (Å²) in [6.07, 6.45) is 6.83. The third-order valence-corrected chi connectivity index (χ3v) is 2.10. The molecule has 0 fully saturated rings. The molecule has 0 spiro atoms. The Bertz CT molecular complexity index is 542. The van der Waals surface area contributed by atoms with Gasteiger partial charge in [0, 0.05) is 37.2 Å². The second kappa shape index (κ2) is 3.53. The molecular weight excluding hydrogens is 194 g/mol. The zero-order chi connectivity index (χ0) is 10.8. The van der Waals surface area contributed by atoms with Crippen LogP contribution in [0.4, 0.5) is 0 Å². The van der Waals surface area contributed by atoms with Crippen LogP contribution < -0.4 is 0 Å². The first-order valence-electron chi connectivity index (χ1n) is 4.43. The van der Waals surface area contributed by atoms with Crippen LogP contribution in [-0.4, -0.2) is 14.3 Å². The Morgan fingerprint density at radius 2 is 2.40 bits per heavy atom. The van der Waals surface area contributed by atoms with Gasteiger partial charge in [0.1, 0.15) is 5.65 Å². The summed E-state index contributed by atoms with van der Waals surface area (Å²) in [5.41, 5.74) is 1.57. The van der Waals surface area contributed by atoms with Crippen molar-refractivity contribution in [1.29, 1.82) is 0 Å². The molecule has 2 aromatic heterocycles. The highest BCUT2D eigenvalue weighted by Gasteiger charge is 2.05. The van der Waals surface area contributed by atoms with Gasteiger partial charge < -0.3 is 4.40 Å². The van der Waals surface area contributed by atoms with Crippen molar-refractivity contribution in [3.8, 4) is 0 Å². The van der Waals surface area contributed by atoms with Crippen molar-refractivity contribution in [1.82, 2.24) is 9.38 Å². The van der Waals surface area contributed by atoms with Crippen LogP contribution in [0.25, 0.3) is 11.7 Å². The molecule has 5 heteroatoms. The summed E-state index contributed by atoms with van der Waals surface area (Å²) in [4.78, 5) is 14.2. The maximum absolute atomic E-state index is 10.5. The number of hydrogen-bond donors (Lipinski definition) is 0. The zero-order valence-electron chi connectivity index (χ0n) is 8.12. The molecule has 2 aromatic rings. The Labute approximate surface area is 85.8 Å². The standard InChI is InChI=1S/C10H9N3O2/c1-8(13(14)15)7-9-3-2-5-12-6-4-11-10(9)12/h2-7H,1H3/b8-7+. The lowest BCUT2D eigenvalue weighted by atomic mass is 10.2. The third kappa shape index (κ3) is 1.71. The molecule has 0 atom stereocenters. The normalized spacial score (nSPS) is 11.9. The molecule has 0 aliphatic rings. The predicted octanol–water partition coefficient (Wildman–Crippen LogP) is 1.97. The van der Waals surface area contributed by atoms with Gasteiger partial charge in [0.25, 0.3) is 0 Å².